The molecule has 0 amide bonds. The van der Waals surface area contributed by atoms with Gasteiger partial charge in [0.25, 0.3) is 0 Å². The van der Waals surface area contributed by atoms with Crippen LogP contribution in [-0.4, -0.2) is 66.9 Å². The van der Waals surface area contributed by atoms with Crippen molar-refractivity contribution in [2.75, 3.05) is 37.7 Å². The maximum atomic E-state index is 11.6. The number of nitrogens with zero attached hydrogens (tertiary/aromatic N) is 3. The van der Waals surface area contributed by atoms with E-state index in [1.54, 1.807) is 0 Å². The summed E-state index contributed by atoms with van der Waals surface area (Å²) in [4.78, 5) is 9.02. The van der Waals surface area contributed by atoms with Crippen LogP contribution < -0.4 is 0 Å². The molecule has 2 fully saturated rings. The minimum absolute atomic E-state index is 0.248. The van der Waals surface area contributed by atoms with Gasteiger partial charge in [-0.1, -0.05) is 6.07 Å². The zero-order chi connectivity index (χ0) is 14.9. The summed E-state index contributed by atoms with van der Waals surface area (Å²) < 4.78 is 23.2. The second-order valence-electron chi connectivity index (χ2n) is 6.24. The Morgan fingerprint density at radius 2 is 2.00 bits per heavy atom. The molecule has 6 heteroatoms. The lowest BCUT2D eigenvalue weighted by atomic mass is 10.1. The van der Waals surface area contributed by atoms with Crippen LogP contribution in [0, 0.1) is 6.92 Å². The number of aromatic nitrogens is 1. The second kappa shape index (κ2) is 6.02. The topological polar surface area (TPSA) is 53.5 Å². The van der Waals surface area contributed by atoms with Gasteiger partial charge in [-0.15, -0.1) is 0 Å². The molecule has 1 atom stereocenters. The van der Waals surface area contributed by atoms with Gasteiger partial charge in [-0.2, -0.15) is 0 Å². The van der Waals surface area contributed by atoms with Crippen molar-refractivity contribution in [2.24, 2.45) is 0 Å². The molecule has 0 aromatic carbocycles. The predicted octanol–water partition coefficient (Wildman–Crippen LogP) is 0.695. The summed E-state index contributed by atoms with van der Waals surface area (Å²) in [5.41, 5.74) is 2.45. The standard InChI is InChI=1S/C15H23N3O2S/c1-13-8-14(10-16-9-13)11-17-3-5-18(6-4-17)15-2-7-21(19,20)12-15/h8-10,15H,2-7,11-12H2,1H3/t15-/m1/s1. The normalized spacial score (nSPS) is 27.0. The third kappa shape index (κ3) is 3.81. The summed E-state index contributed by atoms with van der Waals surface area (Å²) in [5.74, 6) is 0.724. The molecule has 1 aromatic rings. The van der Waals surface area contributed by atoms with Gasteiger partial charge in [0.2, 0.25) is 0 Å². The summed E-state index contributed by atoms with van der Waals surface area (Å²) >= 11 is 0. The van der Waals surface area contributed by atoms with Gasteiger partial charge in [-0.25, -0.2) is 8.42 Å². The van der Waals surface area contributed by atoms with E-state index in [9.17, 15) is 8.42 Å². The maximum Gasteiger partial charge on any atom is 0.151 e. The Bertz CT molecular complexity index is 595. The highest BCUT2D eigenvalue weighted by Crippen LogP contribution is 2.19. The molecule has 3 rings (SSSR count). The van der Waals surface area contributed by atoms with Gasteiger partial charge in [-0.05, 0) is 24.5 Å². The number of piperazine rings is 1. The van der Waals surface area contributed by atoms with Crippen LogP contribution in [-0.2, 0) is 16.4 Å². The van der Waals surface area contributed by atoms with E-state index in [2.05, 4.69) is 27.8 Å². The van der Waals surface area contributed by atoms with Crippen LogP contribution >= 0.6 is 0 Å². The highest BCUT2D eigenvalue weighted by molar-refractivity contribution is 7.91. The molecule has 0 aliphatic carbocycles. The van der Waals surface area contributed by atoms with Crippen molar-refractivity contribution in [2.45, 2.75) is 25.9 Å². The summed E-state index contributed by atoms with van der Waals surface area (Å²) in [5, 5.41) is 0. The molecule has 116 valence electrons. The monoisotopic (exact) mass is 309 g/mol. The Morgan fingerprint density at radius 1 is 1.24 bits per heavy atom. The second-order valence-corrected chi connectivity index (χ2v) is 8.47. The first-order valence-corrected chi connectivity index (χ1v) is 9.41. The lowest BCUT2D eigenvalue weighted by Gasteiger charge is -2.37. The summed E-state index contributed by atoms with van der Waals surface area (Å²) in [6.07, 6.45) is 4.62. The van der Waals surface area contributed by atoms with Crippen molar-refractivity contribution in [3.63, 3.8) is 0 Å². The molecule has 0 N–H and O–H groups in total. The third-order valence-electron chi connectivity index (χ3n) is 4.47. The van der Waals surface area contributed by atoms with E-state index in [1.165, 1.54) is 11.1 Å². The van der Waals surface area contributed by atoms with Gasteiger partial charge in [0, 0.05) is 51.2 Å². The largest absolute Gasteiger partial charge is 0.297 e. The first kappa shape index (κ1) is 14.9. The van der Waals surface area contributed by atoms with E-state index in [-0.39, 0.29) is 6.04 Å². The summed E-state index contributed by atoms with van der Waals surface area (Å²) in [6.45, 7) is 6.95. The van der Waals surface area contributed by atoms with Gasteiger partial charge in [0.15, 0.2) is 9.84 Å². The van der Waals surface area contributed by atoms with Crippen molar-refractivity contribution in [3.05, 3.63) is 29.6 Å². The highest BCUT2D eigenvalue weighted by atomic mass is 32.2. The Hall–Kier alpha value is -0.980. The van der Waals surface area contributed by atoms with E-state index in [4.69, 9.17) is 0 Å². The Kier molecular flexibility index (Phi) is 4.28. The van der Waals surface area contributed by atoms with Crippen LogP contribution in [0.4, 0.5) is 0 Å². The van der Waals surface area contributed by atoms with Crippen LogP contribution in [0.5, 0.6) is 0 Å². The van der Waals surface area contributed by atoms with Gasteiger partial charge >= 0.3 is 0 Å². The molecule has 21 heavy (non-hydrogen) atoms. The van der Waals surface area contributed by atoms with E-state index in [1.807, 2.05) is 12.4 Å². The fourth-order valence-corrected chi connectivity index (χ4v) is 5.07. The summed E-state index contributed by atoms with van der Waals surface area (Å²) in [6, 6.07) is 2.43. The molecule has 3 heterocycles. The molecular weight excluding hydrogens is 286 g/mol. The van der Waals surface area contributed by atoms with Crippen molar-refractivity contribution in [3.8, 4) is 0 Å². The van der Waals surface area contributed by atoms with Crippen molar-refractivity contribution in [1.29, 1.82) is 0 Å². The molecular formula is C15H23N3O2S. The Morgan fingerprint density at radius 3 is 2.62 bits per heavy atom. The lowest BCUT2D eigenvalue weighted by molar-refractivity contribution is 0.1000. The zero-order valence-corrected chi connectivity index (χ0v) is 13.3. The van der Waals surface area contributed by atoms with Crippen LogP contribution in [0.2, 0.25) is 0 Å². The minimum atomic E-state index is -2.78. The molecule has 0 spiro atoms. The number of sulfone groups is 1. The molecule has 2 saturated heterocycles. The van der Waals surface area contributed by atoms with E-state index < -0.39 is 9.84 Å². The SMILES string of the molecule is Cc1cncc(CN2CCN([C@@H]3CCS(=O)(=O)C3)CC2)c1. The third-order valence-corrected chi connectivity index (χ3v) is 6.22. The first-order valence-electron chi connectivity index (χ1n) is 7.59. The van der Waals surface area contributed by atoms with Crippen LogP contribution in [0.1, 0.15) is 17.5 Å². The molecule has 1 aromatic heterocycles. The number of pyridine rings is 1. The quantitative estimate of drug-likeness (QED) is 0.822. The van der Waals surface area contributed by atoms with Crippen molar-refractivity contribution >= 4 is 9.84 Å². The first-order chi connectivity index (χ1) is 10.0. The van der Waals surface area contributed by atoms with Gasteiger partial charge in [0.1, 0.15) is 0 Å². The molecule has 2 aliphatic rings. The van der Waals surface area contributed by atoms with Crippen LogP contribution in [0.3, 0.4) is 0 Å². The highest BCUT2D eigenvalue weighted by Gasteiger charge is 2.33. The van der Waals surface area contributed by atoms with E-state index in [0.29, 0.717) is 11.5 Å². The Balaban J connectivity index is 1.51. The number of hydrogen-bond donors (Lipinski definition) is 0. The van der Waals surface area contributed by atoms with E-state index in [0.717, 1.165) is 39.1 Å². The molecule has 0 saturated carbocycles. The molecule has 0 bridgehead atoms. The fraction of sp³-hybridized carbons (Fsp3) is 0.667. The number of hydrogen-bond acceptors (Lipinski definition) is 5. The zero-order valence-electron chi connectivity index (χ0n) is 12.5. The van der Waals surface area contributed by atoms with E-state index >= 15 is 0 Å². The number of aryl methyl sites for hydroxylation is 1. The average Bonchev–Trinajstić information content (AvgIpc) is 2.80. The molecule has 0 unspecified atom stereocenters. The minimum Gasteiger partial charge on any atom is -0.297 e. The summed E-state index contributed by atoms with van der Waals surface area (Å²) in [7, 11) is -2.78. The van der Waals surface area contributed by atoms with Gasteiger partial charge < -0.3 is 0 Å². The van der Waals surface area contributed by atoms with Crippen LogP contribution in [0.15, 0.2) is 18.5 Å². The Labute approximate surface area is 126 Å². The van der Waals surface area contributed by atoms with Gasteiger partial charge in [0.05, 0.1) is 11.5 Å². The smallest absolute Gasteiger partial charge is 0.151 e. The fourth-order valence-electron chi connectivity index (χ4n) is 3.31. The maximum absolute atomic E-state index is 11.6. The predicted molar refractivity (Wildman–Crippen MR) is 82.9 cm³/mol. The lowest BCUT2D eigenvalue weighted by Crippen LogP contribution is -2.50. The van der Waals surface area contributed by atoms with Crippen molar-refractivity contribution < 1.29 is 8.42 Å². The molecule has 0 radical (unpaired) electrons. The molecule has 2 aliphatic heterocycles. The van der Waals surface area contributed by atoms with Crippen LogP contribution in [0.25, 0.3) is 0 Å². The molecule has 5 nitrogen and oxygen atoms in total. The number of rotatable bonds is 3. The van der Waals surface area contributed by atoms with Crippen molar-refractivity contribution in [1.82, 2.24) is 14.8 Å². The van der Waals surface area contributed by atoms with Gasteiger partial charge in [-0.3, -0.25) is 14.8 Å². The average molecular weight is 309 g/mol.